The molecule has 128 valence electrons. The van der Waals surface area contributed by atoms with Crippen LogP contribution in [-0.4, -0.2) is 49.8 Å². The second-order valence-electron chi connectivity index (χ2n) is 7.16. The molecule has 24 heavy (non-hydrogen) atoms. The summed E-state index contributed by atoms with van der Waals surface area (Å²) >= 11 is 0. The molecule has 2 N–H and O–H groups in total. The lowest BCUT2D eigenvalue weighted by Crippen LogP contribution is -2.40. The van der Waals surface area contributed by atoms with Crippen LogP contribution in [0.4, 0.5) is 0 Å². The third-order valence-corrected chi connectivity index (χ3v) is 4.46. The van der Waals surface area contributed by atoms with Crippen molar-refractivity contribution in [3.63, 3.8) is 0 Å². The molecule has 0 atom stereocenters. The molecule has 2 aromatic heterocycles. The van der Waals surface area contributed by atoms with Gasteiger partial charge in [-0.05, 0) is 57.2 Å². The minimum Gasteiger partial charge on any atom is -0.390 e. The molecule has 1 aliphatic heterocycles. The summed E-state index contributed by atoms with van der Waals surface area (Å²) in [5, 5.41) is 17.0. The fourth-order valence-electron chi connectivity index (χ4n) is 3.31. The smallest absolute Gasteiger partial charge is 0.271 e. The van der Waals surface area contributed by atoms with Crippen LogP contribution in [0.3, 0.4) is 0 Å². The second-order valence-corrected chi connectivity index (χ2v) is 7.16. The Labute approximate surface area is 141 Å². The number of likely N-dealkylation sites (tertiary alicyclic amines) is 1. The predicted molar refractivity (Wildman–Crippen MR) is 91.4 cm³/mol. The maximum atomic E-state index is 12.6. The Morgan fingerprint density at radius 2 is 2.17 bits per heavy atom. The highest BCUT2D eigenvalue weighted by atomic mass is 16.3. The SMILES string of the molecule is CC(C)(O)CC1CCN(C(=O)c2cc(-c3cccnc3)n[nH]2)CC1. The number of amides is 1. The molecule has 1 aliphatic rings. The first-order valence-corrected chi connectivity index (χ1v) is 8.40. The van der Waals surface area contributed by atoms with Gasteiger partial charge in [0.25, 0.3) is 5.91 Å². The van der Waals surface area contributed by atoms with Crippen LogP contribution in [0.2, 0.25) is 0 Å². The maximum absolute atomic E-state index is 12.6. The van der Waals surface area contributed by atoms with E-state index in [1.807, 2.05) is 30.9 Å². The molecule has 1 fully saturated rings. The fourth-order valence-corrected chi connectivity index (χ4v) is 3.31. The largest absolute Gasteiger partial charge is 0.390 e. The number of H-pyrrole nitrogens is 1. The first kappa shape index (κ1) is 16.6. The summed E-state index contributed by atoms with van der Waals surface area (Å²) in [6, 6.07) is 5.54. The minimum atomic E-state index is -0.640. The number of aromatic nitrogens is 3. The van der Waals surface area contributed by atoms with E-state index in [4.69, 9.17) is 0 Å². The van der Waals surface area contributed by atoms with Gasteiger partial charge in [-0.3, -0.25) is 14.9 Å². The van der Waals surface area contributed by atoms with E-state index in [2.05, 4.69) is 15.2 Å². The van der Waals surface area contributed by atoms with Crippen LogP contribution >= 0.6 is 0 Å². The molecule has 2 aromatic rings. The number of aliphatic hydroxyl groups is 1. The lowest BCUT2D eigenvalue weighted by molar-refractivity contribution is 0.0357. The van der Waals surface area contributed by atoms with Crippen molar-refractivity contribution >= 4 is 5.91 Å². The van der Waals surface area contributed by atoms with Crippen molar-refractivity contribution in [1.82, 2.24) is 20.1 Å². The summed E-state index contributed by atoms with van der Waals surface area (Å²) in [5.74, 6) is 0.459. The lowest BCUT2D eigenvalue weighted by Gasteiger charge is -2.34. The van der Waals surface area contributed by atoms with Gasteiger partial charge < -0.3 is 10.0 Å². The third kappa shape index (κ3) is 4.00. The van der Waals surface area contributed by atoms with Gasteiger partial charge >= 0.3 is 0 Å². The van der Waals surface area contributed by atoms with Crippen LogP contribution in [0.1, 0.15) is 43.6 Å². The van der Waals surface area contributed by atoms with E-state index in [9.17, 15) is 9.90 Å². The van der Waals surface area contributed by atoms with E-state index in [1.165, 1.54) is 0 Å². The number of pyridine rings is 1. The predicted octanol–water partition coefficient (Wildman–Crippen LogP) is 2.48. The quantitative estimate of drug-likeness (QED) is 0.903. The number of carbonyl (C=O) groups is 1. The summed E-state index contributed by atoms with van der Waals surface area (Å²) in [7, 11) is 0. The Morgan fingerprint density at radius 3 is 2.79 bits per heavy atom. The van der Waals surface area contributed by atoms with Crippen molar-refractivity contribution in [2.75, 3.05) is 13.1 Å². The van der Waals surface area contributed by atoms with Crippen molar-refractivity contribution in [3.05, 3.63) is 36.3 Å². The Bertz CT molecular complexity index is 683. The molecule has 0 aromatic carbocycles. The molecular weight excluding hydrogens is 304 g/mol. The molecule has 3 heterocycles. The number of nitrogens with one attached hydrogen (secondary N) is 1. The van der Waals surface area contributed by atoms with E-state index in [0.29, 0.717) is 11.6 Å². The molecular formula is C18H24N4O2. The number of aromatic amines is 1. The second kappa shape index (κ2) is 6.73. The Hall–Kier alpha value is -2.21. The van der Waals surface area contributed by atoms with Gasteiger partial charge in [0.05, 0.1) is 11.3 Å². The number of nitrogens with zero attached hydrogens (tertiary/aromatic N) is 3. The zero-order chi connectivity index (χ0) is 17.2. The Morgan fingerprint density at radius 1 is 1.42 bits per heavy atom. The van der Waals surface area contributed by atoms with Gasteiger partial charge in [0.15, 0.2) is 0 Å². The van der Waals surface area contributed by atoms with Crippen molar-refractivity contribution in [2.45, 2.75) is 38.7 Å². The highest BCUT2D eigenvalue weighted by Crippen LogP contribution is 2.27. The molecule has 3 rings (SSSR count). The van der Waals surface area contributed by atoms with Gasteiger partial charge in [-0.1, -0.05) is 0 Å². The molecule has 0 bridgehead atoms. The van der Waals surface area contributed by atoms with Gasteiger partial charge in [0, 0.05) is 31.0 Å². The molecule has 1 amide bonds. The third-order valence-electron chi connectivity index (χ3n) is 4.46. The average molecular weight is 328 g/mol. The maximum Gasteiger partial charge on any atom is 0.271 e. The van der Waals surface area contributed by atoms with Gasteiger partial charge in [-0.2, -0.15) is 5.10 Å². The zero-order valence-corrected chi connectivity index (χ0v) is 14.2. The van der Waals surface area contributed by atoms with Gasteiger partial charge in [-0.25, -0.2) is 0 Å². The molecule has 0 aliphatic carbocycles. The Balaban J connectivity index is 1.61. The van der Waals surface area contributed by atoms with Crippen LogP contribution in [0.5, 0.6) is 0 Å². The van der Waals surface area contributed by atoms with E-state index in [1.54, 1.807) is 18.5 Å². The topological polar surface area (TPSA) is 82.1 Å². The number of piperidine rings is 1. The monoisotopic (exact) mass is 328 g/mol. The molecule has 6 heteroatoms. The van der Waals surface area contributed by atoms with Crippen LogP contribution in [0.25, 0.3) is 11.3 Å². The zero-order valence-electron chi connectivity index (χ0n) is 14.2. The molecule has 0 radical (unpaired) electrons. The summed E-state index contributed by atoms with van der Waals surface area (Å²) in [4.78, 5) is 18.6. The Kier molecular flexibility index (Phi) is 4.66. The highest BCUT2D eigenvalue weighted by molar-refractivity contribution is 5.93. The first-order valence-electron chi connectivity index (χ1n) is 8.40. The highest BCUT2D eigenvalue weighted by Gasteiger charge is 2.28. The minimum absolute atomic E-state index is 0.0145. The molecule has 0 spiro atoms. The summed E-state index contributed by atoms with van der Waals surface area (Å²) < 4.78 is 0. The van der Waals surface area contributed by atoms with E-state index < -0.39 is 5.60 Å². The van der Waals surface area contributed by atoms with Gasteiger partial charge in [0.1, 0.15) is 5.69 Å². The fraction of sp³-hybridized carbons (Fsp3) is 0.500. The standard InChI is InChI=1S/C18H24N4O2/c1-18(2,24)11-13-5-8-22(9-6-13)17(23)16-10-15(20-21-16)14-4-3-7-19-12-14/h3-4,7,10,12-13,24H,5-6,8-9,11H2,1-2H3,(H,20,21). The first-order chi connectivity index (χ1) is 11.4. The molecule has 0 saturated carbocycles. The van der Waals surface area contributed by atoms with Gasteiger partial charge in [0.2, 0.25) is 0 Å². The van der Waals surface area contributed by atoms with Crippen molar-refractivity contribution in [2.24, 2.45) is 5.92 Å². The van der Waals surface area contributed by atoms with Gasteiger partial charge in [-0.15, -0.1) is 0 Å². The lowest BCUT2D eigenvalue weighted by atomic mass is 9.86. The summed E-state index contributed by atoms with van der Waals surface area (Å²) in [5.41, 5.74) is 1.48. The summed E-state index contributed by atoms with van der Waals surface area (Å²) in [6.45, 7) is 5.13. The normalized spacial score (nSPS) is 16.4. The van der Waals surface area contributed by atoms with Crippen molar-refractivity contribution in [1.29, 1.82) is 0 Å². The van der Waals surface area contributed by atoms with Crippen molar-refractivity contribution < 1.29 is 9.90 Å². The molecule has 1 saturated heterocycles. The van der Waals surface area contributed by atoms with E-state index in [-0.39, 0.29) is 5.91 Å². The number of hydrogen-bond acceptors (Lipinski definition) is 4. The van der Waals surface area contributed by atoms with Crippen LogP contribution < -0.4 is 0 Å². The number of carbonyl (C=O) groups excluding carboxylic acids is 1. The number of hydrogen-bond donors (Lipinski definition) is 2. The van der Waals surface area contributed by atoms with Crippen LogP contribution in [0.15, 0.2) is 30.6 Å². The molecule has 0 unspecified atom stereocenters. The average Bonchev–Trinajstić information content (AvgIpc) is 3.04. The van der Waals surface area contributed by atoms with Crippen molar-refractivity contribution in [3.8, 4) is 11.3 Å². The van der Waals surface area contributed by atoms with E-state index >= 15 is 0 Å². The summed E-state index contributed by atoms with van der Waals surface area (Å²) in [6.07, 6.45) is 6.08. The van der Waals surface area contributed by atoms with Crippen LogP contribution in [-0.2, 0) is 0 Å². The van der Waals surface area contributed by atoms with E-state index in [0.717, 1.165) is 43.6 Å². The van der Waals surface area contributed by atoms with Crippen LogP contribution in [0, 0.1) is 5.92 Å². The number of rotatable bonds is 4. The molecule has 6 nitrogen and oxygen atoms in total.